The first-order valence-corrected chi connectivity index (χ1v) is 4.78. The van der Waals surface area contributed by atoms with E-state index in [0.29, 0.717) is 18.2 Å². The molecule has 1 heterocycles. The van der Waals surface area contributed by atoms with Crippen LogP contribution in [-0.2, 0) is 0 Å². The smallest absolute Gasteiger partial charge is 0.267 e. The van der Waals surface area contributed by atoms with E-state index < -0.39 is 0 Å². The summed E-state index contributed by atoms with van der Waals surface area (Å²) in [5.74, 6) is 0.269. The summed E-state index contributed by atoms with van der Waals surface area (Å²) in [7, 11) is 0. The molecule has 4 N–H and O–H groups in total. The van der Waals surface area contributed by atoms with Crippen LogP contribution in [0.25, 0.3) is 0 Å². The molecule has 4 heteroatoms. The van der Waals surface area contributed by atoms with Crippen LogP contribution in [0, 0.1) is 5.92 Å². The van der Waals surface area contributed by atoms with Gasteiger partial charge in [0.05, 0.1) is 0 Å². The highest BCUT2D eigenvalue weighted by Gasteiger charge is 2.10. The number of hydrogen-bond donors (Lipinski definition) is 3. The fourth-order valence-electron chi connectivity index (χ4n) is 1.01. The number of nitrogens with two attached hydrogens (primary N) is 1. The fraction of sp³-hybridized carbons (Fsp3) is 0.500. The molecule has 1 aromatic rings. The molecule has 1 unspecified atom stereocenters. The van der Waals surface area contributed by atoms with Gasteiger partial charge in [0.2, 0.25) is 0 Å². The molecule has 4 nitrogen and oxygen atoms in total. The molecule has 0 aromatic carbocycles. The van der Waals surface area contributed by atoms with Gasteiger partial charge in [0, 0.05) is 18.8 Å². The topological polar surface area (TPSA) is 70.9 Å². The van der Waals surface area contributed by atoms with E-state index in [9.17, 15) is 4.79 Å². The quantitative estimate of drug-likeness (QED) is 0.662. The molecule has 0 aliphatic carbocycles. The zero-order valence-corrected chi connectivity index (χ0v) is 8.58. The number of amides is 1. The zero-order chi connectivity index (χ0) is 10.6. The minimum absolute atomic E-state index is 0.00825. The summed E-state index contributed by atoms with van der Waals surface area (Å²) in [5.41, 5.74) is 6.36. The first-order chi connectivity index (χ1) is 6.61. The highest BCUT2D eigenvalue weighted by Crippen LogP contribution is 1.98. The van der Waals surface area contributed by atoms with E-state index in [-0.39, 0.29) is 11.9 Å². The minimum atomic E-state index is -0.105. The lowest BCUT2D eigenvalue weighted by Gasteiger charge is -2.15. The second-order valence-electron chi connectivity index (χ2n) is 3.70. The monoisotopic (exact) mass is 195 g/mol. The van der Waals surface area contributed by atoms with Gasteiger partial charge in [-0.15, -0.1) is 0 Å². The molecule has 0 radical (unpaired) electrons. The van der Waals surface area contributed by atoms with Crippen molar-refractivity contribution in [3.8, 4) is 0 Å². The molecule has 0 saturated carbocycles. The van der Waals surface area contributed by atoms with Gasteiger partial charge in [-0.25, -0.2) is 0 Å². The Bertz CT molecular complexity index is 280. The van der Waals surface area contributed by atoms with Crippen molar-refractivity contribution in [2.45, 2.75) is 19.9 Å². The third kappa shape index (κ3) is 2.88. The Labute approximate surface area is 83.9 Å². The van der Waals surface area contributed by atoms with E-state index in [0.717, 1.165) is 0 Å². The number of nitrogens with one attached hydrogen (secondary N) is 2. The molecule has 0 spiro atoms. The van der Waals surface area contributed by atoms with Gasteiger partial charge in [0.25, 0.3) is 5.91 Å². The van der Waals surface area contributed by atoms with Crippen LogP contribution in [0.5, 0.6) is 0 Å². The minimum Gasteiger partial charge on any atom is -0.357 e. The van der Waals surface area contributed by atoms with E-state index in [1.54, 1.807) is 18.3 Å². The Morgan fingerprint density at radius 1 is 1.64 bits per heavy atom. The van der Waals surface area contributed by atoms with Gasteiger partial charge in [-0.05, 0) is 18.1 Å². The number of aromatic amines is 1. The van der Waals surface area contributed by atoms with Crippen LogP contribution in [0.15, 0.2) is 18.3 Å². The standard InChI is InChI=1S/C10H17N3O/c1-7(2)8(11)6-13-10(14)9-4-3-5-12-9/h3-5,7-8,12H,6,11H2,1-2H3,(H,13,14). The van der Waals surface area contributed by atoms with Crippen molar-refractivity contribution in [1.82, 2.24) is 10.3 Å². The number of hydrogen-bond acceptors (Lipinski definition) is 2. The fourth-order valence-corrected chi connectivity index (χ4v) is 1.01. The molecule has 14 heavy (non-hydrogen) atoms. The van der Waals surface area contributed by atoms with Gasteiger partial charge in [0.15, 0.2) is 0 Å². The highest BCUT2D eigenvalue weighted by atomic mass is 16.1. The van der Waals surface area contributed by atoms with Crippen LogP contribution in [0.3, 0.4) is 0 Å². The number of carbonyl (C=O) groups excluding carboxylic acids is 1. The normalized spacial score (nSPS) is 12.9. The Balaban J connectivity index is 2.36. The van der Waals surface area contributed by atoms with E-state index in [1.807, 2.05) is 13.8 Å². The van der Waals surface area contributed by atoms with Crippen LogP contribution in [0.2, 0.25) is 0 Å². The predicted octanol–water partition coefficient (Wildman–Crippen LogP) is 0.728. The van der Waals surface area contributed by atoms with Gasteiger partial charge < -0.3 is 16.0 Å². The highest BCUT2D eigenvalue weighted by molar-refractivity contribution is 5.92. The maximum Gasteiger partial charge on any atom is 0.267 e. The summed E-state index contributed by atoms with van der Waals surface area (Å²) in [5, 5.41) is 2.77. The molecule has 0 aliphatic heterocycles. The van der Waals surface area contributed by atoms with Gasteiger partial charge in [-0.1, -0.05) is 13.8 Å². The molecule has 1 aromatic heterocycles. The molecule has 0 fully saturated rings. The largest absolute Gasteiger partial charge is 0.357 e. The number of rotatable bonds is 4. The van der Waals surface area contributed by atoms with Crippen LogP contribution < -0.4 is 11.1 Å². The van der Waals surface area contributed by atoms with Crippen molar-refractivity contribution in [2.24, 2.45) is 11.7 Å². The molecule has 1 amide bonds. The van der Waals surface area contributed by atoms with Crippen molar-refractivity contribution >= 4 is 5.91 Å². The van der Waals surface area contributed by atoms with Crippen molar-refractivity contribution in [2.75, 3.05) is 6.54 Å². The van der Waals surface area contributed by atoms with Gasteiger partial charge in [0.1, 0.15) is 5.69 Å². The van der Waals surface area contributed by atoms with Crippen LogP contribution in [0.4, 0.5) is 0 Å². The van der Waals surface area contributed by atoms with Crippen molar-refractivity contribution in [3.63, 3.8) is 0 Å². The molecule has 0 aliphatic rings. The molecule has 1 rings (SSSR count). The second-order valence-corrected chi connectivity index (χ2v) is 3.70. The Kier molecular flexibility index (Phi) is 3.71. The molecule has 78 valence electrons. The lowest BCUT2D eigenvalue weighted by molar-refractivity contribution is 0.0945. The van der Waals surface area contributed by atoms with E-state index in [2.05, 4.69) is 10.3 Å². The van der Waals surface area contributed by atoms with E-state index >= 15 is 0 Å². The van der Waals surface area contributed by atoms with Gasteiger partial charge >= 0.3 is 0 Å². The molecule has 1 atom stereocenters. The van der Waals surface area contributed by atoms with E-state index in [4.69, 9.17) is 5.73 Å². The molecule has 0 bridgehead atoms. The van der Waals surface area contributed by atoms with E-state index in [1.165, 1.54) is 0 Å². The lowest BCUT2D eigenvalue weighted by atomic mass is 10.1. The van der Waals surface area contributed by atoms with Crippen molar-refractivity contribution in [3.05, 3.63) is 24.0 Å². The summed E-state index contributed by atoms with van der Waals surface area (Å²) >= 11 is 0. The maximum atomic E-state index is 11.4. The average molecular weight is 195 g/mol. The van der Waals surface area contributed by atoms with Crippen LogP contribution >= 0.6 is 0 Å². The van der Waals surface area contributed by atoms with Gasteiger partial charge in [-0.2, -0.15) is 0 Å². The predicted molar refractivity (Wildman–Crippen MR) is 55.9 cm³/mol. The summed E-state index contributed by atoms with van der Waals surface area (Å²) < 4.78 is 0. The van der Waals surface area contributed by atoms with Crippen LogP contribution in [-0.4, -0.2) is 23.5 Å². The molecule has 0 saturated heterocycles. The molecular weight excluding hydrogens is 178 g/mol. The summed E-state index contributed by atoms with van der Waals surface area (Å²) in [4.78, 5) is 14.3. The Morgan fingerprint density at radius 3 is 2.86 bits per heavy atom. The molecular formula is C10H17N3O. The van der Waals surface area contributed by atoms with Gasteiger partial charge in [-0.3, -0.25) is 4.79 Å². The first-order valence-electron chi connectivity index (χ1n) is 4.78. The average Bonchev–Trinajstić information content (AvgIpc) is 2.66. The SMILES string of the molecule is CC(C)C(N)CNC(=O)c1ccc[nH]1. The summed E-state index contributed by atoms with van der Waals surface area (Å²) in [6.07, 6.45) is 1.72. The third-order valence-corrected chi connectivity index (χ3v) is 2.20. The maximum absolute atomic E-state index is 11.4. The first kappa shape index (κ1) is 10.8. The lowest BCUT2D eigenvalue weighted by Crippen LogP contribution is -2.40. The third-order valence-electron chi connectivity index (χ3n) is 2.20. The number of H-pyrrole nitrogens is 1. The summed E-state index contributed by atoms with van der Waals surface area (Å²) in [6, 6.07) is 3.53. The Morgan fingerprint density at radius 2 is 2.36 bits per heavy atom. The number of aromatic nitrogens is 1. The number of carbonyl (C=O) groups is 1. The van der Waals surface area contributed by atoms with Crippen LogP contribution in [0.1, 0.15) is 24.3 Å². The Hall–Kier alpha value is -1.29. The zero-order valence-electron chi connectivity index (χ0n) is 8.58. The van der Waals surface area contributed by atoms with Crippen molar-refractivity contribution < 1.29 is 4.79 Å². The second kappa shape index (κ2) is 4.81. The summed E-state index contributed by atoms with van der Waals surface area (Å²) in [6.45, 7) is 4.58. The van der Waals surface area contributed by atoms with Crippen molar-refractivity contribution in [1.29, 1.82) is 0 Å².